The molecule has 1 heterocycles. The van der Waals surface area contributed by atoms with Gasteiger partial charge >= 0.3 is 0 Å². The summed E-state index contributed by atoms with van der Waals surface area (Å²) in [6.45, 7) is 2.03. The second kappa shape index (κ2) is 6.15. The van der Waals surface area contributed by atoms with Crippen molar-refractivity contribution >= 4 is 5.91 Å². The molecule has 2 rings (SSSR count). The predicted molar refractivity (Wildman–Crippen MR) is 73.9 cm³/mol. The summed E-state index contributed by atoms with van der Waals surface area (Å²) in [6, 6.07) is 9.59. The smallest absolute Gasteiger partial charge is 0.258 e. The van der Waals surface area contributed by atoms with E-state index in [1.54, 1.807) is 10.9 Å². The zero-order valence-electron chi connectivity index (χ0n) is 10.9. The van der Waals surface area contributed by atoms with Crippen molar-refractivity contribution < 1.29 is 4.79 Å². The van der Waals surface area contributed by atoms with Crippen LogP contribution in [0.5, 0.6) is 0 Å². The summed E-state index contributed by atoms with van der Waals surface area (Å²) < 4.78 is 1.67. The Balaban J connectivity index is 2.26. The maximum atomic E-state index is 11.8. The lowest BCUT2D eigenvalue weighted by atomic mass is 10.1. The number of benzene rings is 1. The Kier molecular flexibility index (Phi) is 4.30. The molecule has 1 aromatic carbocycles. The molecule has 1 aromatic heterocycles. The molecule has 0 aliphatic rings. The lowest BCUT2D eigenvalue weighted by molar-refractivity contribution is -0.124. The molecule has 1 amide bonds. The van der Waals surface area contributed by atoms with E-state index in [0.717, 1.165) is 17.5 Å². The Bertz CT molecular complexity index is 535. The highest BCUT2D eigenvalue weighted by Gasteiger charge is 2.19. The van der Waals surface area contributed by atoms with Gasteiger partial charge in [0.1, 0.15) is 6.04 Å². The number of nitrogens with two attached hydrogens (primary N) is 1. The second-order valence-corrected chi connectivity index (χ2v) is 4.39. The topological polar surface area (TPSA) is 72.9 Å². The number of hydrogen-bond donors (Lipinski definition) is 2. The Morgan fingerprint density at radius 1 is 1.37 bits per heavy atom. The third-order valence-electron chi connectivity index (χ3n) is 3.03. The number of amides is 1. The Hall–Kier alpha value is -2.14. The molecule has 5 heteroatoms. The Morgan fingerprint density at radius 3 is 2.74 bits per heavy atom. The Morgan fingerprint density at radius 2 is 2.11 bits per heavy atom. The summed E-state index contributed by atoms with van der Waals surface area (Å²) >= 11 is 0. The van der Waals surface area contributed by atoms with E-state index in [1.165, 1.54) is 0 Å². The highest BCUT2D eigenvalue weighted by molar-refractivity contribution is 5.79. The van der Waals surface area contributed by atoms with Crippen LogP contribution in [-0.4, -0.2) is 15.7 Å². The molecule has 2 aromatic rings. The lowest BCUT2D eigenvalue weighted by Crippen LogP contribution is -2.37. The van der Waals surface area contributed by atoms with Gasteiger partial charge in [0.15, 0.2) is 0 Å². The highest BCUT2D eigenvalue weighted by atomic mass is 16.2. The van der Waals surface area contributed by atoms with Crippen LogP contribution in [0.2, 0.25) is 0 Å². The number of carbonyl (C=O) groups excluding carboxylic acids is 1. The van der Waals surface area contributed by atoms with E-state index in [1.807, 2.05) is 43.5 Å². The molecule has 0 saturated heterocycles. The molecule has 0 fully saturated rings. The molecule has 1 atom stereocenters. The van der Waals surface area contributed by atoms with Gasteiger partial charge in [0, 0.05) is 11.8 Å². The highest BCUT2D eigenvalue weighted by Crippen LogP contribution is 2.21. The second-order valence-electron chi connectivity index (χ2n) is 4.39. The molecule has 0 saturated carbocycles. The van der Waals surface area contributed by atoms with Gasteiger partial charge in [0.05, 0.1) is 6.20 Å². The van der Waals surface area contributed by atoms with Crippen LogP contribution in [0.1, 0.15) is 25.8 Å². The number of hydrazine groups is 1. The van der Waals surface area contributed by atoms with Crippen molar-refractivity contribution in [2.45, 2.75) is 25.8 Å². The minimum absolute atomic E-state index is 0.218. The SMILES string of the molecule is CCCC(C(=O)NN)n1cc(-c2ccccc2)cn1. The number of carbonyl (C=O) groups is 1. The minimum atomic E-state index is -0.354. The van der Waals surface area contributed by atoms with E-state index in [0.29, 0.717) is 6.42 Å². The van der Waals surface area contributed by atoms with Crippen LogP contribution in [0, 0.1) is 0 Å². The largest absolute Gasteiger partial charge is 0.292 e. The van der Waals surface area contributed by atoms with Crippen LogP contribution in [0.3, 0.4) is 0 Å². The summed E-state index contributed by atoms with van der Waals surface area (Å²) in [5.74, 6) is 5.00. The van der Waals surface area contributed by atoms with Gasteiger partial charge in [-0.3, -0.25) is 14.9 Å². The van der Waals surface area contributed by atoms with Gasteiger partial charge in [-0.2, -0.15) is 5.10 Å². The normalized spacial score (nSPS) is 12.1. The molecule has 100 valence electrons. The molecule has 0 bridgehead atoms. The molecule has 19 heavy (non-hydrogen) atoms. The fourth-order valence-corrected chi connectivity index (χ4v) is 2.04. The van der Waals surface area contributed by atoms with Gasteiger partial charge in [0.25, 0.3) is 5.91 Å². The van der Waals surface area contributed by atoms with Crippen LogP contribution < -0.4 is 11.3 Å². The monoisotopic (exact) mass is 258 g/mol. The summed E-state index contributed by atoms with van der Waals surface area (Å²) in [5.41, 5.74) is 4.27. The van der Waals surface area contributed by atoms with Crippen molar-refractivity contribution in [3.63, 3.8) is 0 Å². The van der Waals surface area contributed by atoms with E-state index in [9.17, 15) is 4.79 Å². The van der Waals surface area contributed by atoms with Crippen LogP contribution in [0.15, 0.2) is 42.7 Å². The molecule has 0 spiro atoms. The quantitative estimate of drug-likeness (QED) is 0.488. The van der Waals surface area contributed by atoms with Crippen molar-refractivity contribution in [3.05, 3.63) is 42.7 Å². The van der Waals surface area contributed by atoms with Gasteiger partial charge in [-0.05, 0) is 12.0 Å². The first-order valence-electron chi connectivity index (χ1n) is 6.36. The van der Waals surface area contributed by atoms with Gasteiger partial charge < -0.3 is 0 Å². The van der Waals surface area contributed by atoms with E-state index in [2.05, 4.69) is 10.5 Å². The van der Waals surface area contributed by atoms with Crippen molar-refractivity contribution in [1.82, 2.24) is 15.2 Å². The fraction of sp³-hybridized carbons (Fsp3) is 0.286. The van der Waals surface area contributed by atoms with E-state index >= 15 is 0 Å². The van der Waals surface area contributed by atoms with Crippen molar-refractivity contribution in [2.75, 3.05) is 0 Å². The maximum absolute atomic E-state index is 11.8. The number of aromatic nitrogens is 2. The first kappa shape index (κ1) is 13.3. The van der Waals surface area contributed by atoms with E-state index in [4.69, 9.17) is 5.84 Å². The average Bonchev–Trinajstić information content (AvgIpc) is 2.94. The zero-order chi connectivity index (χ0) is 13.7. The summed E-state index contributed by atoms with van der Waals surface area (Å²) in [5, 5.41) is 4.28. The van der Waals surface area contributed by atoms with Crippen LogP contribution in [0.4, 0.5) is 0 Å². The molecule has 5 nitrogen and oxygen atoms in total. The fourth-order valence-electron chi connectivity index (χ4n) is 2.04. The predicted octanol–water partition coefficient (Wildman–Crippen LogP) is 1.88. The number of hydrogen-bond acceptors (Lipinski definition) is 3. The van der Waals surface area contributed by atoms with Crippen molar-refractivity contribution in [3.8, 4) is 11.1 Å². The lowest BCUT2D eigenvalue weighted by Gasteiger charge is -2.14. The first-order chi connectivity index (χ1) is 9.26. The van der Waals surface area contributed by atoms with Gasteiger partial charge in [0.2, 0.25) is 0 Å². The number of nitrogens with one attached hydrogen (secondary N) is 1. The molecule has 0 aliphatic heterocycles. The summed E-state index contributed by atoms with van der Waals surface area (Å²) in [4.78, 5) is 11.8. The summed E-state index contributed by atoms with van der Waals surface area (Å²) in [7, 11) is 0. The standard InChI is InChI=1S/C14H18N4O/c1-2-6-13(14(19)17-15)18-10-12(9-16-18)11-7-4-3-5-8-11/h3-5,7-10,13H,2,6,15H2,1H3,(H,17,19). The molecule has 3 N–H and O–H groups in total. The van der Waals surface area contributed by atoms with Crippen molar-refractivity contribution in [2.24, 2.45) is 5.84 Å². The van der Waals surface area contributed by atoms with Crippen LogP contribution in [0.25, 0.3) is 11.1 Å². The zero-order valence-corrected chi connectivity index (χ0v) is 10.9. The average molecular weight is 258 g/mol. The third-order valence-corrected chi connectivity index (χ3v) is 3.03. The van der Waals surface area contributed by atoms with Gasteiger partial charge in [-0.1, -0.05) is 43.7 Å². The maximum Gasteiger partial charge on any atom is 0.258 e. The number of nitrogens with zero attached hydrogens (tertiary/aromatic N) is 2. The van der Waals surface area contributed by atoms with Gasteiger partial charge in [-0.15, -0.1) is 0 Å². The van der Waals surface area contributed by atoms with E-state index < -0.39 is 0 Å². The van der Waals surface area contributed by atoms with E-state index in [-0.39, 0.29) is 11.9 Å². The minimum Gasteiger partial charge on any atom is -0.292 e. The molecular formula is C14H18N4O. The molecule has 0 radical (unpaired) electrons. The molecule has 1 unspecified atom stereocenters. The number of rotatable bonds is 5. The summed E-state index contributed by atoms with van der Waals surface area (Å²) in [6.07, 6.45) is 5.24. The Labute approximate surface area is 112 Å². The molecule has 0 aliphatic carbocycles. The first-order valence-corrected chi connectivity index (χ1v) is 6.36. The van der Waals surface area contributed by atoms with Gasteiger partial charge in [-0.25, -0.2) is 5.84 Å². The molecular weight excluding hydrogens is 240 g/mol. The third kappa shape index (κ3) is 3.00. The van der Waals surface area contributed by atoms with Crippen molar-refractivity contribution in [1.29, 1.82) is 0 Å². The van der Waals surface area contributed by atoms with Crippen LogP contribution in [-0.2, 0) is 4.79 Å². The van der Waals surface area contributed by atoms with Crippen LogP contribution >= 0.6 is 0 Å².